The van der Waals surface area contributed by atoms with Gasteiger partial charge in [-0.15, -0.1) is 11.3 Å². The molecule has 38 heavy (non-hydrogen) atoms. The number of ether oxygens (including phenoxy) is 1. The maximum absolute atomic E-state index is 14.3. The number of halogens is 2. The second kappa shape index (κ2) is 10.0. The van der Waals surface area contributed by atoms with Gasteiger partial charge in [0.1, 0.15) is 5.82 Å². The molecule has 3 aromatic heterocycles. The normalized spacial score (nSPS) is 16.3. The molecule has 0 unspecified atom stereocenters. The summed E-state index contributed by atoms with van der Waals surface area (Å²) in [5.41, 5.74) is 3.11. The molecule has 0 spiro atoms. The quantitative estimate of drug-likeness (QED) is 0.370. The first-order chi connectivity index (χ1) is 18.4. The lowest BCUT2D eigenvalue weighted by molar-refractivity contribution is 0.0823. The molecular formula is C27H28F2N6O2S. The molecule has 0 atom stereocenters. The highest BCUT2D eigenvalue weighted by molar-refractivity contribution is 7.15. The molecule has 2 amide bonds. The van der Waals surface area contributed by atoms with Crippen molar-refractivity contribution in [1.82, 2.24) is 29.7 Å². The Bertz CT molecular complexity index is 1510. The number of hydrogen-bond donors (Lipinski definition) is 1. The zero-order valence-electron chi connectivity index (χ0n) is 21.2. The summed E-state index contributed by atoms with van der Waals surface area (Å²) in [7, 11) is 1.62. The van der Waals surface area contributed by atoms with Gasteiger partial charge in [-0.25, -0.2) is 28.5 Å². The number of imidazole rings is 1. The van der Waals surface area contributed by atoms with Crippen LogP contribution in [0.25, 0.3) is 32.7 Å². The van der Waals surface area contributed by atoms with Crippen molar-refractivity contribution in [2.24, 2.45) is 0 Å². The van der Waals surface area contributed by atoms with E-state index in [1.54, 1.807) is 24.2 Å². The van der Waals surface area contributed by atoms with Crippen molar-refractivity contribution in [3.63, 3.8) is 0 Å². The Morgan fingerprint density at radius 2 is 2.00 bits per heavy atom. The van der Waals surface area contributed by atoms with Crippen LogP contribution in [-0.4, -0.2) is 57.3 Å². The van der Waals surface area contributed by atoms with E-state index in [-0.39, 0.29) is 23.2 Å². The number of nitrogens with zero attached hydrogens (tertiary/aromatic N) is 5. The average molecular weight is 539 g/mol. The van der Waals surface area contributed by atoms with Gasteiger partial charge in [-0.2, -0.15) is 0 Å². The molecule has 1 fully saturated rings. The van der Waals surface area contributed by atoms with Crippen molar-refractivity contribution in [3.05, 3.63) is 52.6 Å². The van der Waals surface area contributed by atoms with E-state index in [0.717, 1.165) is 34.9 Å². The van der Waals surface area contributed by atoms with Crippen molar-refractivity contribution in [1.29, 1.82) is 0 Å². The number of carbonyl (C=O) groups excluding carboxylic acids is 1. The fraction of sp³-hybridized carbons (Fsp3) is 0.407. The summed E-state index contributed by atoms with van der Waals surface area (Å²) < 4.78 is 36.5. The summed E-state index contributed by atoms with van der Waals surface area (Å²) in [6, 6.07) is 7.02. The Morgan fingerprint density at radius 3 is 2.71 bits per heavy atom. The Balaban J connectivity index is 1.54. The Kier molecular flexibility index (Phi) is 6.56. The number of pyridine rings is 1. The number of aryl methyl sites for hydroxylation is 1. The number of alkyl halides is 2. The molecule has 4 aromatic rings. The van der Waals surface area contributed by atoms with Crippen LogP contribution in [0.4, 0.5) is 13.6 Å². The number of hydrogen-bond acceptors (Lipinski definition) is 6. The highest BCUT2D eigenvalue weighted by Gasteiger charge is 2.31. The molecule has 2 aliphatic heterocycles. The van der Waals surface area contributed by atoms with Crippen LogP contribution < -0.4 is 5.32 Å². The number of urea groups is 1. The van der Waals surface area contributed by atoms with Crippen LogP contribution in [0.1, 0.15) is 47.3 Å². The molecular weight excluding hydrogens is 510 g/mol. The van der Waals surface area contributed by atoms with Gasteiger partial charge in [-0.05, 0) is 31.9 Å². The molecule has 11 heteroatoms. The fourth-order valence-electron chi connectivity index (χ4n) is 5.46. The van der Waals surface area contributed by atoms with Crippen LogP contribution in [0.5, 0.6) is 0 Å². The van der Waals surface area contributed by atoms with Crippen LogP contribution >= 0.6 is 11.3 Å². The second-order valence-electron chi connectivity index (χ2n) is 9.62. The standard InChI is InChI=1S/C27H28F2N6O2S/c1-15-31-13-22(38-15)24-19(25(28)29)12-18-17(4-3-5-20(18)32-24)23-21-14-34(27(36)30-2)8-9-35(21)26(33-23)16-6-10-37-11-7-16/h3-5,12-13,16,25H,6-11,14H2,1-2H3,(H,30,36). The molecule has 8 nitrogen and oxygen atoms in total. The number of benzene rings is 1. The zero-order chi connectivity index (χ0) is 26.4. The topological polar surface area (TPSA) is 85.2 Å². The van der Waals surface area contributed by atoms with Gasteiger partial charge in [0.2, 0.25) is 0 Å². The van der Waals surface area contributed by atoms with Crippen molar-refractivity contribution in [2.45, 2.75) is 45.2 Å². The first kappa shape index (κ1) is 24.9. The third-order valence-corrected chi connectivity index (χ3v) is 8.28. The number of aromatic nitrogens is 4. The molecule has 5 heterocycles. The smallest absolute Gasteiger partial charge is 0.317 e. The summed E-state index contributed by atoms with van der Waals surface area (Å²) in [6.07, 6.45) is 0.650. The lowest BCUT2D eigenvalue weighted by Gasteiger charge is -2.30. The van der Waals surface area contributed by atoms with E-state index in [4.69, 9.17) is 14.7 Å². The van der Waals surface area contributed by atoms with Crippen molar-refractivity contribution < 1.29 is 18.3 Å². The van der Waals surface area contributed by atoms with Crippen LogP contribution in [0.15, 0.2) is 30.5 Å². The summed E-state index contributed by atoms with van der Waals surface area (Å²) in [5, 5.41) is 4.12. The molecule has 198 valence electrons. The van der Waals surface area contributed by atoms with E-state index in [1.165, 1.54) is 11.3 Å². The van der Waals surface area contributed by atoms with Crippen LogP contribution in [0.3, 0.4) is 0 Å². The molecule has 1 aromatic carbocycles. The molecule has 0 bridgehead atoms. The van der Waals surface area contributed by atoms with E-state index < -0.39 is 6.43 Å². The molecule has 0 aliphatic carbocycles. The lowest BCUT2D eigenvalue weighted by Crippen LogP contribution is -2.43. The number of rotatable bonds is 4. The zero-order valence-corrected chi connectivity index (χ0v) is 22.0. The van der Waals surface area contributed by atoms with Gasteiger partial charge < -0.3 is 19.5 Å². The summed E-state index contributed by atoms with van der Waals surface area (Å²) >= 11 is 1.35. The number of amides is 2. The van der Waals surface area contributed by atoms with Gasteiger partial charge in [0.25, 0.3) is 6.43 Å². The van der Waals surface area contributed by atoms with Crippen molar-refractivity contribution in [3.8, 4) is 21.8 Å². The second-order valence-corrected chi connectivity index (χ2v) is 10.9. The van der Waals surface area contributed by atoms with Crippen molar-refractivity contribution >= 4 is 28.3 Å². The Morgan fingerprint density at radius 1 is 1.18 bits per heavy atom. The molecule has 0 radical (unpaired) electrons. The number of nitrogens with one attached hydrogen (secondary N) is 1. The van der Waals surface area contributed by atoms with Gasteiger partial charge in [0.15, 0.2) is 0 Å². The Hall–Kier alpha value is -3.44. The monoisotopic (exact) mass is 538 g/mol. The highest BCUT2D eigenvalue weighted by Crippen LogP contribution is 2.40. The maximum Gasteiger partial charge on any atom is 0.317 e. The first-order valence-electron chi connectivity index (χ1n) is 12.7. The van der Waals surface area contributed by atoms with E-state index in [1.807, 2.05) is 25.1 Å². The van der Waals surface area contributed by atoms with Crippen LogP contribution in [0, 0.1) is 6.92 Å². The SMILES string of the molecule is CNC(=O)N1CCn2c(C3CCOCC3)nc(-c3cccc4nc(-c5cnc(C)s5)c(C(F)F)cc34)c2C1. The predicted molar refractivity (Wildman–Crippen MR) is 141 cm³/mol. The molecule has 0 saturated carbocycles. The molecule has 6 rings (SSSR count). The average Bonchev–Trinajstić information content (AvgIpc) is 3.55. The summed E-state index contributed by atoms with van der Waals surface area (Å²) in [5.74, 6) is 1.22. The van der Waals surface area contributed by atoms with Gasteiger partial charge in [0, 0.05) is 62.0 Å². The number of thiazole rings is 1. The lowest BCUT2D eigenvalue weighted by atomic mass is 9.99. The van der Waals surface area contributed by atoms with Gasteiger partial charge in [-0.1, -0.05) is 12.1 Å². The Labute approximate surface area is 222 Å². The number of carbonyl (C=O) groups is 1. The van der Waals surface area contributed by atoms with Crippen LogP contribution in [0.2, 0.25) is 0 Å². The minimum absolute atomic E-state index is 0.127. The predicted octanol–water partition coefficient (Wildman–Crippen LogP) is 5.52. The van der Waals surface area contributed by atoms with Gasteiger partial charge in [-0.3, -0.25) is 0 Å². The minimum atomic E-state index is -2.70. The van der Waals surface area contributed by atoms with E-state index in [2.05, 4.69) is 14.9 Å². The minimum Gasteiger partial charge on any atom is -0.381 e. The molecule has 1 N–H and O–H groups in total. The molecule has 1 saturated heterocycles. The first-order valence-corrected chi connectivity index (χ1v) is 13.5. The van der Waals surface area contributed by atoms with Crippen molar-refractivity contribution in [2.75, 3.05) is 26.8 Å². The number of fused-ring (bicyclic) bond motifs is 2. The van der Waals surface area contributed by atoms with E-state index in [0.29, 0.717) is 54.3 Å². The fourth-order valence-corrected chi connectivity index (χ4v) is 6.25. The highest BCUT2D eigenvalue weighted by atomic mass is 32.1. The van der Waals surface area contributed by atoms with E-state index in [9.17, 15) is 13.6 Å². The largest absolute Gasteiger partial charge is 0.381 e. The van der Waals surface area contributed by atoms with Gasteiger partial charge >= 0.3 is 6.03 Å². The molecule has 2 aliphatic rings. The third kappa shape index (κ3) is 4.33. The van der Waals surface area contributed by atoms with E-state index >= 15 is 0 Å². The third-order valence-electron chi connectivity index (χ3n) is 7.36. The van der Waals surface area contributed by atoms with Crippen LogP contribution in [-0.2, 0) is 17.8 Å². The summed E-state index contributed by atoms with van der Waals surface area (Å²) in [4.78, 5) is 29.0. The van der Waals surface area contributed by atoms with Gasteiger partial charge in [0.05, 0.1) is 39.0 Å². The summed E-state index contributed by atoms with van der Waals surface area (Å²) in [6.45, 7) is 4.79. The maximum atomic E-state index is 14.3.